The van der Waals surface area contributed by atoms with E-state index in [1.54, 1.807) is 0 Å². The molecule has 0 aromatic heterocycles. The molecule has 0 atom stereocenters. The summed E-state index contributed by atoms with van der Waals surface area (Å²) >= 11 is 0. The van der Waals surface area contributed by atoms with Crippen LogP contribution in [0, 0.1) is 5.41 Å². The Kier molecular flexibility index (Phi) is 2.82. The zero-order valence-corrected chi connectivity index (χ0v) is 8.82. The van der Waals surface area contributed by atoms with Crippen molar-refractivity contribution in [3.8, 4) is 0 Å². The van der Waals surface area contributed by atoms with Gasteiger partial charge >= 0.3 is 0 Å². The van der Waals surface area contributed by atoms with E-state index in [2.05, 4.69) is 20.8 Å². The molecule has 0 unspecified atom stereocenters. The SMILES string of the molecule is CC(C)(C)CCCCC1(N)CC1. The smallest absolute Gasteiger partial charge is 0.0155 e. The number of unbranched alkanes of at least 4 members (excludes halogenated alkanes) is 1. The lowest BCUT2D eigenvalue weighted by atomic mass is 9.89. The van der Waals surface area contributed by atoms with E-state index in [0.717, 1.165) is 0 Å². The molecule has 0 heterocycles. The van der Waals surface area contributed by atoms with Crippen LogP contribution in [-0.4, -0.2) is 5.54 Å². The lowest BCUT2D eigenvalue weighted by Gasteiger charge is -2.18. The normalized spacial score (nSPS) is 21.0. The van der Waals surface area contributed by atoms with E-state index < -0.39 is 0 Å². The summed E-state index contributed by atoms with van der Waals surface area (Å²) in [6.07, 6.45) is 7.80. The average molecular weight is 169 g/mol. The molecular weight excluding hydrogens is 146 g/mol. The van der Waals surface area contributed by atoms with Crippen LogP contribution in [-0.2, 0) is 0 Å². The summed E-state index contributed by atoms with van der Waals surface area (Å²) in [5.41, 5.74) is 6.78. The zero-order chi connectivity index (χ0) is 9.24. The first-order valence-corrected chi connectivity index (χ1v) is 5.20. The highest BCUT2D eigenvalue weighted by Crippen LogP contribution is 2.37. The molecule has 0 radical (unpaired) electrons. The Bertz CT molecular complexity index is 132. The summed E-state index contributed by atoms with van der Waals surface area (Å²) < 4.78 is 0. The van der Waals surface area contributed by atoms with Crippen molar-refractivity contribution in [2.24, 2.45) is 11.1 Å². The molecule has 0 saturated heterocycles. The van der Waals surface area contributed by atoms with Gasteiger partial charge in [0.1, 0.15) is 0 Å². The lowest BCUT2D eigenvalue weighted by Crippen LogP contribution is -2.21. The van der Waals surface area contributed by atoms with Gasteiger partial charge in [0, 0.05) is 5.54 Å². The van der Waals surface area contributed by atoms with Gasteiger partial charge in [-0.1, -0.05) is 33.6 Å². The Morgan fingerprint density at radius 1 is 1.17 bits per heavy atom. The standard InChI is InChI=1S/C11H23N/c1-10(2,3)6-4-5-7-11(12)8-9-11/h4-9,12H2,1-3H3. The molecule has 2 N–H and O–H groups in total. The maximum atomic E-state index is 6.00. The third kappa shape index (κ3) is 4.10. The van der Waals surface area contributed by atoms with Crippen molar-refractivity contribution in [1.82, 2.24) is 0 Å². The molecule has 1 rings (SSSR count). The van der Waals surface area contributed by atoms with Crippen LogP contribution in [0.4, 0.5) is 0 Å². The van der Waals surface area contributed by atoms with Crippen molar-refractivity contribution in [2.75, 3.05) is 0 Å². The van der Waals surface area contributed by atoms with Gasteiger partial charge < -0.3 is 5.73 Å². The van der Waals surface area contributed by atoms with Crippen molar-refractivity contribution in [3.05, 3.63) is 0 Å². The van der Waals surface area contributed by atoms with Crippen LogP contribution in [0.2, 0.25) is 0 Å². The van der Waals surface area contributed by atoms with Gasteiger partial charge in [0.25, 0.3) is 0 Å². The van der Waals surface area contributed by atoms with Gasteiger partial charge in [0.2, 0.25) is 0 Å². The van der Waals surface area contributed by atoms with Gasteiger partial charge in [-0.15, -0.1) is 0 Å². The van der Waals surface area contributed by atoms with Crippen LogP contribution >= 0.6 is 0 Å². The molecule has 12 heavy (non-hydrogen) atoms. The molecule has 0 amide bonds. The van der Waals surface area contributed by atoms with Crippen molar-refractivity contribution in [1.29, 1.82) is 0 Å². The van der Waals surface area contributed by atoms with E-state index >= 15 is 0 Å². The Morgan fingerprint density at radius 3 is 2.17 bits per heavy atom. The quantitative estimate of drug-likeness (QED) is 0.643. The fourth-order valence-electron chi connectivity index (χ4n) is 1.54. The first-order valence-electron chi connectivity index (χ1n) is 5.20. The van der Waals surface area contributed by atoms with E-state index in [9.17, 15) is 0 Å². The molecule has 1 heteroatoms. The summed E-state index contributed by atoms with van der Waals surface area (Å²) in [4.78, 5) is 0. The van der Waals surface area contributed by atoms with E-state index in [0.29, 0.717) is 5.41 Å². The summed E-state index contributed by atoms with van der Waals surface area (Å²) in [5, 5.41) is 0. The maximum Gasteiger partial charge on any atom is 0.0155 e. The topological polar surface area (TPSA) is 26.0 Å². The van der Waals surface area contributed by atoms with Crippen molar-refractivity contribution in [3.63, 3.8) is 0 Å². The van der Waals surface area contributed by atoms with E-state index in [1.165, 1.54) is 38.5 Å². The molecule has 72 valence electrons. The minimum atomic E-state index is 0.276. The summed E-state index contributed by atoms with van der Waals surface area (Å²) in [7, 11) is 0. The van der Waals surface area contributed by atoms with Crippen LogP contribution in [0.15, 0.2) is 0 Å². The van der Waals surface area contributed by atoms with Gasteiger partial charge in [-0.25, -0.2) is 0 Å². The molecule has 0 spiro atoms. The van der Waals surface area contributed by atoms with Gasteiger partial charge in [-0.2, -0.15) is 0 Å². The minimum absolute atomic E-state index is 0.276. The molecule has 1 aliphatic carbocycles. The van der Waals surface area contributed by atoms with Crippen LogP contribution in [0.25, 0.3) is 0 Å². The van der Waals surface area contributed by atoms with Gasteiger partial charge in [0.15, 0.2) is 0 Å². The Hall–Kier alpha value is -0.0400. The predicted octanol–water partition coefficient (Wildman–Crippen LogP) is 3.08. The predicted molar refractivity (Wildman–Crippen MR) is 54.1 cm³/mol. The summed E-state index contributed by atoms with van der Waals surface area (Å²) in [6, 6.07) is 0. The fraction of sp³-hybridized carbons (Fsp3) is 1.00. The maximum absolute atomic E-state index is 6.00. The Labute approximate surface area is 76.7 Å². The second kappa shape index (κ2) is 3.37. The lowest BCUT2D eigenvalue weighted by molar-refractivity contribution is 0.353. The van der Waals surface area contributed by atoms with Crippen molar-refractivity contribution in [2.45, 2.75) is 64.8 Å². The molecule has 0 aliphatic heterocycles. The van der Waals surface area contributed by atoms with E-state index in [-0.39, 0.29) is 5.54 Å². The van der Waals surface area contributed by atoms with Crippen LogP contribution < -0.4 is 5.73 Å². The van der Waals surface area contributed by atoms with Crippen LogP contribution in [0.1, 0.15) is 59.3 Å². The summed E-state index contributed by atoms with van der Waals surface area (Å²) in [6.45, 7) is 6.92. The minimum Gasteiger partial charge on any atom is -0.325 e. The molecule has 0 aromatic carbocycles. The van der Waals surface area contributed by atoms with Gasteiger partial charge in [0.05, 0.1) is 0 Å². The van der Waals surface area contributed by atoms with E-state index in [1.807, 2.05) is 0 Å². The van der Waals surface area contributed by atoms with Crippen molar-refractivity contribution < 1.29 is 0 Å². The molecule has 1 fully saturated rings. The summed E-state index contributed by atoms with van der Waals surface area (Å²) in [5.74, 6) is 0. The molecule has 0 bridgehead atoms. The molecule has 1 saturated carbocycles. The number of hydrogen-bond donors (Lipinski definition) is 1. The molecular formula is C11H23N. The molecule has 0 aromatic rings. The Morgan fingerprint density at radius 2 is 1.75 bits per heavy atom. The highest BCUT2D eigenvalue weighted by Gasteiger charge is 2.36. The van der Waals surface area contributed by atoms with E-state index in [4.69, 9.17) is 5.73 Å². The highest BCUT2D eigenvalue weighted by atomic mass is 14.8. The zero-order valence-electron chi connectivity index (χ0n) is 8.82. The second-order valence-electron chi connectivity index (χ2n) is 5.63. The first kappa shape index (κ1) is 10.0. The third-order valence-electron chi connectivity index (χ3n) is 2.74. The van der Waals surface area contributed by atoms with Crippen LogP contribution in [0.5, 0.6) is 0 Å². The largest absolute Gasteiger partial charge is 0.325 e. The monoisotopic (exact) mass is 169 g/mol. The second-order valence-corrected chi connectivity index (χ2v) is 5.63. The van der Waals surface area contributed by atoms with Gasteiger partial charge in [-0.05, 0) is 31.1 Å². The first-order chi connectivity index (χ1) is 5.41. The van der Waals surface area contributed by atoms with Gasteiger partial charge in [-0.3, -0.25) is 0 Å². The number of rotatable bonds is 4. The molecule has 1 aliphatic rings. The third-order valence-corrected chi connectivity index (χ3v) is 2.74. The van der Waals surface area contributed by atoms with Crippen molar-refractivity contribution >= 4 is 0 Å². The average Bonchev–Trinajstić information content (AvgIpc) is 2.60. The highest BCUT2D eigenvalue weighted by molar-refractivity contribution is 4.98. The molecule has 1 nitrogen and oxygen atoms in total. The number of nitrogens with two attached hydrogens (primary N) is 1. The number of hydrogen-bond acceptors (Lipinski definition) is 1. The Balaban J connectivity index is 1.96. The fourth-order valence-corrected chi connectivity index (χ4v) is 1.54. The van der Waals surface area contributed by atoms with Crippen LogP contribution in [0.3, 0.4) is 0 Å².